The smallest absolute Gasteiger partial charge is 0.231 e. The second-order valence-corrected chi connectivity index (χ2v) is 9.59. The Kier molecular flexibility index (Phi) is 5.56. The third-order valence-corrected chi connectivity index (χ3v) is 6.67. The molecule has 2 unspecified atom stereocenters. The molecule has 1 aliphatic heterocycles. The van der Waals surface area contributed by atoms with E-state index >= 15 is 0 Å². The first-order chi connectivity index (χ1) is 13.9. The van der Waals surface area contributed by atoms with Crippen LogP contribution in [0.25, 0.3) is 16.5 Å². The van der Waals surface area contributed by atoms with Crippen molar-refractivity contribution in [3.63, 3.8) is 0 Å². The minimum atomic E-state index is -0.0663. The zero-order chi connectivity index (χ0) is 20.7. The Bertz CT molecular complexity index is 923. The maximum atomic E-state index is 13.5. The van der Waals surface area contributed by atoms with Gasteiger partial charge in [-0.25, -0.2) is 0 Å². The van der Waals surface area contributed by atoms with Crippen molar-refractivity contribution < 1.29 is 4.79 Å². The number of aromatic amines is 1. The molecule has 0 fully saturated rings. The van der Waals surface area contributed by atoms with E-state index in [1.165, 1.54) is 34.0 Å². The highest BCUT2D eigenvalue weighted by Crippen LogP contribution is 2.41. The normalized spacial score (nSPS) is 21.6. The minimum Gasteiger partial charge on any atom is -0.361 e. The first-order valence-electron chi connectivity index (χ1n) is 11.2. The highest BCUT2D eigenvalue weighted by Gasteiger charge is 2.37. The first kappa shape index (κ1) is 20.2. The van der Waals surface area contributed by atoms with E-state index in [0.717, 1.165) is 25.9 Å². The van der Waals surface area contributed by atoms with E-state index in [0.29, 0.717) is 12.0 Å². The van der Waals surface area contributed by atoms with E-state index in [9.17, 15) is 4.79 Å². The number of benzene rings is 1. The van der Waals surface area contributed by atoms with Gasteiger partial charge in [0.1, 0.15) is 0 Å². The van der Waals surface area contributed by atoms with E-state index < -0.39 is 0 Å². The van der Waals surface area contributed by atoms with Crippen molar-refractivity contribution in [3.05, 3.63) is 41.6 Å². The molecule has 1 aromatic heterocycles. The van der Waals surface area contributed by atoms with Crippen molar-refractivity contribution in [3.8, 4) is 0 Å². The molecule has 1 aromatic carbocycles. The van der Waals surface area contributed by atoms with Crippen LogP contribution in [0.3, 0.4) is 0 Å². The summed E-state index contributed by atoms with van der Waals surface area (Å²) in [6, 6.07) is 7.09. The molecule has 1 N–H and O–H groups in total. The monoisotopic (exact) mass is 393 g/mol. The van der Waals surface area contributed by atoms with Crippen LogP contribution < -0.4 is 0 Å². The zero-order valence-corrected chi connectivity index (χ0v) is 18.5. The summed E-state index contributed by atoms with van der Waals surface area (Å²) < 4.78 is 0. The molecule has 2 atom stereocenters. The number of fused-ring (bicyclic) bond motifs is 2. The first-order valence-corrected chi connectivity index (χ1v) is 11.2. The van der Waals surface area contributed by atoms with Crippen LogP contribution in [-0.4, -0.2) is 52.9 Å². The van der Waals surface area contributed by atoms with Gasteiger partial charge in [-0.3, -0.25) is 9.69 Å². The molecule has 4 rings (SSSR count). The zero-order valence-electron chi connectivity index (χ0n) is 18.5. The lowest BCUT2D eigenvalue weighted by Crippen LogP contribution is -2.49. The number of H-pyrrole nitrogens is 1. The third kappa shape index (κ3) is 3.75. The number of likely N-dealkylation sites (N-methyl/N-ethyl adjacent to an activating group) is 1. The van der Waals surface area contributed by atoms with E-state index in [1.807, 2.05) is 0 Å². The number of aromatic nitrogens is 1. The second-order valence-electron chi connectivity index (χ2n) is 9.59. The molecule has 2 aromatic rings. The Morgan fingerprint density at radius 1 is 1.28 bits per heavy atom. The predicted molar refractivity (Wildman–Crippen MR) is 121 cm³/mol. The molecule has 4 heteroatoms. The molecule has 29 heavy (non-hydrogen) atoms. The lowest BCUT2D eigenvalue weighted by molar-refractivity contribution is -0.136. The molecule has 0 spiro atoms. The fraction of sp³-hybridized carbons (Fsp3) is 0.560. The maximum Gasteiger partial charge on any atom is 0.231 e. The molecule has 1 aliphatic carbocycles. The Labute approximate surface area is 175 Å². The van der Waals surface area contributed by atoms with E-state index in [1.54, 1.807) is 0 Å². The lowest BCUT2D eigenvalue weighted by Gasteiger charge is -2.41. The van der Waals surface area contributed by atoms with Gasteiger partial charge in [0.2, 0.25) is 5.91 Å². The molecule has 1 amide bonds. The molecule has 2 heterocycles. The van der Waals surface area contributed by atoms with E-state index in [2.05, 4.69) is 80.0 Å². The summed E-state index contributed by atoms with van der Waals surface area (Å²) in [5.41, 5.74) is 5.23. The van der Waals surface area contributed by atoms with Gasteiger partial charge in [-0.2, -0.15) is 0 Å². The quantitative estimate of drug-likeness (QED) is 0.772. The molecular formula is C25H35N3O. The van der Waals surface area contributed by atoms with Crippen LogP contribution >= 0.6 is 0 Å². The third-order valence-electron chi connectivity index (χ3n) is 6.67. The van der Waals surface area contributed by atoms with Crippen LogP contribution in [0.1, 0.15) is 51.7 Å². The second kappa shape index (κ2) is 7.98. The van der Waals surface area contributed by atoms with Gasteiger partial charge in [0.25, 0.3) is 0 Å². The maximum absolute atomic E-state index is 13.5. The van der Waals surface area contributed by atoms with Gasteiger partial charge in [-0.1, -0.05) is 32.1 Å². The number of carbonyl (C=O) groups is 1. The van der Waals surface area contributed by atoms with Crippen LogP contribution in [0.15, 0.2) is 30.5 Å². The van der Waals surface area contributed by atoms with Crippen molar-refractivity contribution in [1.29, 1.82) is 0 Å². The Balaban J connectivity index is 1.64. The standard InChI is InChI=1S/C25H35N3O/c1-16(2)8-7-11-28(17(3)4)25(29)19-12-21-20-9-6-10-22-24(20)18(14-26-22)13-23(21)27(5)15-19/h6,9-10,12,14,16-17,19,23,26H,7-8,11,13,15H2,1-5H3. The fourth-order valence-corrected chi connectivity index (χ4v) is 5.11. The molecule has 0 saturated heterocycles. The topological polar surface area (TPSA) is 39.3 Å². The summed E-state index contributed by atoms with van der Waals surface area (Å²) in [6.07, 6.45) is 7.71. The molecule has 0 bridgehead atoms. The summed E-state index contributed by atoms with van der Waals surface area (Å²) in [5.74, 6) is 0.901. The molecule has 156 valence electrons. The molecule has 4 nitrogen and oxygen atoms in total. The average molecular weight is 394 g/mol. The number of nitrogens with one attached hydrogen (secondary N) is 1. The number of rotatable bonds is 6. The van der Waals surface area contributed by atoms with Crippen molar-refractivity contribution in [1.82, 2.24) is 14.8 Å². The van der Waals surface area contributed by atoms with Gasteiger partial charge in [-0.15, -0.1) is 0 Å². The number of carbonyl (C=O) groups excluding carboxylic acids is 1. The van der Waals surface area contributed by atoms with Crippen LogP contribution in [0.4, 0.5) is 0 Å². The summed E-state index contributed by atoms with van der Waals surface area (Å²) in [6.45, 7) is 10.4. The summed E-state index contributed by atoms with van der Waals surface area (Å²) in [5, 5.41) is 1.34. The van der Waals surface area contributed by atoms with E-state index in [4.69, 9.17) is 0 Å². The number of hydrogen-bond acceptors (Lipinski definition) is 2. The molecule has 2 aliphatic rings. The molecular weight excluding hydrogens is 358 g/mol. The van der Waals surface area contributed by atoms with Gasteiger partial charge < -0.3 is 9.88 Å². The highest BCUT2D eigenvalue weighted by molar-refractivity contribution is 5.99. The van der Waals surface area contributed by atoms with Gasteiger partial charge >= 0.3 is 0 Å². The van der Waals surface area contributed by atoms with E-state index in [-0.39, 0.29) is 17.9 Å². The van der Waals surface area contributed by atoms with Gasteiger partial charge in [-0.05, 0) is 68.8 Å². The summed E-state index contributed by atoms with van der Waals surface area (Å²) in [4.78, 5) is 21.4. The number of amides is 1. The summed E-state index contributed by atoms with van der Waals surface area (Å²) in [7, 11) is 2.17. The Morgan fingerprint density at radius 2 is 2.07 bits per heavy atom. The lowest BCUT2D eigenvalue weighted by atomic mass is 9.79. The SMILES string of the molecule is CC(C)CCCN(C(=O)C1C=C2c3cccc4[nH]cc(c34)CC2N(C)C1)C(C)C. The van der Waals surface area contributed by atoms with Crippen LogP contribution in [0, 0.1) is 11.8 Å². The summed E-state index contributed by atoms with van der Waals surface area (Å²) >= 11 is 0. The largest absolute Gasteiger partial charge is 0.361 e. The van der Waals surface area contributed by atoms with Crippen molar-refractivity contribution in [2.24, 2.45) is 11.8 Å². The van der Waals surface area contributed by atoms with Crippen molar-refractivity contribution in [2.75, 3.05) is 20.1 Å². The fourth-order valence-electron chi connectivity index (χ4n) is 5.11. The van der Waals surface area contributed by atoms with Crippen LogP contribution in [-0.2, 0) is 11.2 Å². The van der Waals surface area contributed by atoms with Gasteiger partial charge in [0.15, 0.2) is 0 Å². The van der Waals surface area contributed by atoms with Gasteiger partial charge in [0, 0.05) is 42.3 Å². The van der Waals surface area contributed by atoms with Crippen LogP contribution in [0.2, 0.25) is 0 Å². The minimum absolute atomic E-state index is 0.0663. The number of nitrogens with zero attached hydrogens (tertiary/aromatic N) is 2. The number of hydrogen-bond donors (Lipinski definition) is 1. The van der Waals surface area contributed by atoms with Gasteiger partial charge in [0.05, 0.1) is 5.92 Å². The Hall–Kier alpha value is -2.07. The van der Waals surface area contributed by atoms with Crippen molar-refractivity contribution in [2.45, 2.75) is 59.0 Å². The van der Waals surface area contributed by atoms with Crippen LogP contribution in [0.5, 0.6) is 0 Å². The predicted octanol–water partition coefficient (Wildman–Crippen LogP) is 4.71. The average Bonchev–Trinajstić information content (AvgIpc) is 3.09. The Morgan fingerprint density at radius 3 is 2.79 bits per heavy atom. The highest BCUT2D eigenvalue weighted by atomic mass is 16.2. The van der Waals surface area contributed by atoms with Crippen molar-refractivity contribution >= 4 is 22.4 Å². The molecule has 0 saturated carbocycles. The molecule has 0 radical (unpaired) electrons.